The molecule has 0 aliphatic heterocycles. The molecule has 0 bridgehead atoms. The van der Waals surface area contributed by atoms with Crippen molar-refractivity contribution in [1.29, 1.82) is 0 Å². The van der Waals surface area contributed by atoms with Crippen molar-refractivity contribution in [2.24, 2.45) is 0 Å². The number of carbonyl (C=O) groups excluding carboxylic acids is 1. The molecule has 1 amide bonds. The van der Waals surface area contributed by atoms with Gasteiger partial charge in [0.15, 0.2) is 0 Å². The Hall–Kier alpha value is -3.59. The fourth-order valence-corrected chi connectivity index (χ4v) is 3.88. The van der Waals surface area contributed by atoms with Gasteiger partial charge in [0, 0.05) is 17.4 Å². The zero-order valence-corrected chi connectivity index (χ0v) is 18.0. The van der Waals surface area contributed by atoms with Crippen molar-refractivity contribution in [3.63, 3.8) is 0 Å². The third-order valence-electron chi connectivity index (χ3n) is 4.59. The lowest BCUT2D eigenvalue weighted by molar-refractivity contribution is -0.116. The van der Waals surface area contributed by atoms with Crippen LogP contribution >= 0.6 is 11.3 Å². The first-order valence-corrected chi connectivity index (χ1v) is 10.6. The van der Waals surface area contributed by atoms with E-state index in [4.69, 9.17) is 14.2 Å². The second-order valence-electron chi connectivity index (χ2n) is 6.63. The Balaban J connectivity index is 1.33. The molecule has 0 radical (unpaired) electrons. The number of nitrogens with zero attached hydrogens (tertiary/aromatic N) is 3. The van der Waals surface area contributed by atoms with Crippen LogP contribution in [0.3, 0.4) is 0 Å². The van der Waals surface area contributed by atoms with Crippen molar-refractivity contribution >= 4 is 28.2 Å². The average molecular weight is 439 g/mol. The van der Waals surface area contributed by atoms with Gasteiger partial charge in [0.05, 0.1) is 26.5 Å². The highest BCUT2D eigenvalue weighted by atomic mass is 32.1. The molecule has 2 aromatic carbocycles. The fraction of sp³-hybridized carbons (Fsp3) is 0.227. The molecule has 31 heavy (non-hydrogen) atoms. The quantitative estimate of drug-likeness (QED) is 0.393. The maximum atomic E-state index is 12.3. The van der Waals surface area contributed by atoms with E-state index >= 15 is 0 Å². The lowest BCUT2D eigenvalue weighted by atomic mass is 10.1. The van der Waals surface area contributed by atoms with Crippen LogP contribution in [0.4, 0.5) is 5.95 Å². The number of nitrogens with one attached hydrogen (secondary N) is 1. The van der Waals surface area contributed by atoms with E-state index in [0.29, 0.717) is 24.4 Å². The number of methoxy groups -OCH3 is 2. The second-order valence-corrected chi connectivity index (χ2v) is 7.46. The van der Waals surface area contributed by atoms with Crippen LogP contribution in [0.25, 0.3) is 16.2 Å². The molecule has 2 heterocycles. The Kier molecular flexibility index (Phi) is 6.32. The zero-order valence-electron chi connectivity index (χ0n) is 17.2. The largest absolute Gasteiger partial charge is 0.497 e. The number of para-hydroxylation sites is 1. The number of ether oxygens (including phenoxy) is 3. The maximum absolute atomic E-state index is 12.3. The van der Waals surface area contributed by atoms with Crippen molar-refractivity contribution in [3.05, 3.63) is 53.9 Å². The molecular weight excluding hydrogens is 416 g/mol. The summed E-state index contributed by atoms with van der Waals surface area (Å²) in [7, 11) is 3.25. The summed E-state index contributed by atoms with van der Waals surface area (Å²) in [5.74, 6) is 2.38. The van der Waals surface area contributed by atoms with Crippen molar-refractivity contribution in [2.75, 3.05) is 26.1 Å². The number of benzene rings is 2. The van der Waals surface area contributed by atoms with Crippen LogP contribution in [-0.2, 0) is 4.79 Å². The normalized spacial score (nSPS) is 10.8. The van der Waals surface area contributed by atoms with Crippen LogP contribution in [0.15, 0.2) is 53.9 Å². The standard InChI is InChI=1S/C22H22N4O4S/c1-28-15-9-11-16(12-10-15)30-13-5-8-20(27)23-21-24-22-26(25-21)18(14-31-22)17-6-3-4-7-19(17)29-2/h3-4,6-7,9-12,14H,5,8,13H2,1-2H3,(H,23,25,27). The average Bonchev–Trinajstić information content (AvgIpc) is 3.37. The van der Waals surface area contributed by atoms with E-state index in [-0.39, 0.29) is 11.9 Å². The number of carbonyl (C=O) groups is 1. The van der Waals surface area contributed by atoms with Gasteiger partial charge in [0.1, 0.15) is 17.2 Å². The molecular formula is C22H22N4O4S. The van der Waals surface area contributed by atoms with E-state index in [9.17, 15) is 4.79 Å². The molecule has 8 nitrogen and oxygen atoms in total. The molecule has 0 saturated heterocycles. The number of hydrogen-bond acceptors (Lipinski definition) is 7. The van der Waals surface area contributed by atoms with Crippen LogP contribution in [0.5, 0.6) is 17.2 Å². The molecule has 0 spiro atoms. The Morgan fingerprint density at radius 3 is 2.61 bits per heavy atom. The van der Waals surface area contributed by atoms with Gasteiger partial charge in [0.2, 0.25) is 16.8 Å². The maximum Gasteiger partial charge on any atom is 0.250 e. The molecule has 160 valence electrons. The van der Waals surface area contributed by atoms with Crippen LogP contribution in [-0.4, -0.2) is 41.3 Å². The lowest BCUT2D eigenvalue weighted by Gasteiger charge is -2.07. The summed E-state index contributed by atoms with van der Waals surface area (Å²) in [4.78, 5) is 17.4. The van der Waals surface area contributed by atoms with Gasteiger partial charge in [-0.1, -0.05) is 12.1 Å². The third-order valence-corrected chi connectivity index (χ3v) is 5.41. The molecule has 4 rings (SSSR count). The van der Waals surface area contributed by atoms with Gasteiger partial charge in [-0.25, -0.2) is 4.52 Å². The minimum Gasteiger partial charge on any atom is -0.497 e. The Labute approximate surface area is 183 Å². The molecule has 0 aliphatic carbocycles. The van der Waals surface area contributed by atoms with Crippen LogP contribution < -0.4 is 19.5 Å². The van der Waals surface area contributed by atoms with Crippen LogP contribution in [0.1, 0.15) is 12.8 Å². The van der Waals surface area contributed by atoms with Crippen molar-refractivity contribution in [1.82, 2.24) is 14.6 Å². The molecule has 4 aromatic rings. The van der Waals surface area contributed by atoms with Crippen molar-refractivity contribution < 1.29 is 19.0 Å². The summed E-state index contributed by atoms with van der Waals surface area (Å²) < 4.78 is 17.9. The number of thiazole rings is 1. The van der Waals surface area contributed by atoms with Gasteiger partial charge in [-0.05, 0) is 42.8 Å². The highest BCUT2D eigenvalue weighted by molar-refractivity contribution is 7.15. The Morgan fingerprint density at radius 1 is 1.06 bits per heavy atom. The van der Waals surface area contributed by atoms with Crippen molar-refractivity contribution in [2.45, 2.75) is 12.8 Å². The first-order valence-electron chi connectivity index (χ1n) is 9.72. The smallest absolute Gasteiger partial charge is 0.250 e. The molecule has 0 unspecified atom stereocenters. The monoisotopic (exact) mass is 438 g/mol. The second kappa shape index (κ2) is 9.48. The van der Waals surface area contributed by atoms with Crippen LogP contribution in [0, 0.1) is 0 Å². The lowest BCUT2D eigenvalue weighted by Crippen LogP contribution is -2.14. The van der Waals surface area contributed by atoms with E-state index in [2.05, 4.69) is 15.4 Å². The zero-order chi connectivity index (χ0) is 21.6. The fourth-order valence-electron chi connectivity index (χ4n) is 3.06. The number of hydrogen-bond donors (Lipinski definition) is 1. The predicted octanol–water partition coefficient (Wildman–Crippen LogP) is 4.27. The summed E-state index contributed by atoms with van der Waals surface area (Å²) in [6.45, 7) is 0.434. The van der Waals surface area contributed by atoms with Gasteiger partial charge in [-0.2, -0.15) is 4.98 Å². The number of anilines is 1. The minimum absolute atomic E-state index is 0.157. The topological polar surface area (TPSA) is 87.0 Å². The number of fused-ring (bicyclic) bond motifs is 1. The first-order chi connectivity index (χ1) is 15.2. The van der Waals surface area contributed by atoms with Gasteiger partial charge in [-0.3, -0.25) is 10.1 Å². The molecule has 0 fully saturated rings. The van der Waals surface area contributed by atoms with E-state index < -0.39 is 0 Å². The van der Waals surface area contributed by atoms with Gasteiger partial charge >= 0.3 is 0 Å². The summed E-state index contributed by atoms with van der Waals surface area (Å²) >= 11 is 1.45. The first kappa shape index (κ1) is 20.7. The van der Waals surface area contributed by atoms with E-state index in [1.165, 1.54) is 11.3 Å². The van der Waals surface area contributed by atoms with E-state index in [0.717, 1.165) is 28.5 Å². The molecule has 2 aromatic heterocycles. The minimum atomic E-state index is -0.157. The summed E-state index contributed by atoms with van der Waals surface area (Å²) in [5.41, 5.74) is 1.77. The Morgan fingerprint density at radius 2 is 1.84 bits per heavy atom. The predicted molar refractivity (Wildman–Crippen MR) is 119 cm³/mol. The SMILES string of the molecule is COc1ccc(OCCCC(=O)Nc2nc3scc(-c4ccccc4OC)n3n2)cc1. The highest BCUT2D eigenvalue weighted by Gasteiger charge is 2.15. The number of aromatic nitrogens is 3. The van der Waals surface area contributed by atoms with E-state index in [1.807, 2.05) is 53.9 Å². The molecule has 9 heteroatoms. The van der Waals surface area contributed by atoms with Gasteiger partial charge < -0.3 is 14.2 Å². The van der Waals surface area contributed by atoms with Crippen LogP contribution in [0.2, 0.25) is 0 Å². The highest BCUT2D eigenvalue weighted by Crippen LogP contribution is 2.32. The molecule has 0 atom stereocenters. The molecule has 0 saturated carbocycles. The summed E-state index contributed by atoms with van der Waals surface area (Å²) in [6.07, 6.45) is 0.884. The van der Waals surface area contributed by atoms with Gasteiger partial charge in [0.25, 0.3) is 0 Å². The number of rotatable bonds is 9. The molecule has 1 N–H and O–H groups in total. The Bertz CT molecular complexity index is 1170. The summed E-state index contributed by atoms with van der Waals surface area (Å²) in [5, 5.41) is 9.17. The van der Waals surface area contributed by atoms with Crippen molar-refractivity contribution in [3.8, 4) is 28.5 Å². The molecule has 0 aliphatic rings. The van der Waals surface area contributed by atoms with Gasteiger partial charge in [-0.15, -0.1) is 16.4 Å². The number of amides is 1. The summed E-state index contributed by atoms with van der Waals surface area (Å²) in [6, 6.07) is 15.0. The van der Waals surface area contributed by atoms with E-state index in [1.54, 1.807) is 18.7 Å². The third kappa shape index (κ3) is 4.77.